The van der Waals surface area contributed by atoms with E-state index in [4.69, 9.17) is 42.6 Å². The average molecular weight is 1310 g/mol. The fourth-order valence-electron chi connectivity index (χ4n) is 11.2. The number of ether oxygens (including phenoxy) is 9. The normalized spacial score (nSPS) is 11.8. The van der Waals surface area contributed by atoms with Crippen LogP contribution in [-0.2, 0) is 59.5 Å². The Bertz CT molecular complexity index is 3760. The van der Waals surface area contributed by atoms with Crippen molar-refractivity contribution in [2.24, 2.45) is 5.92 Å². The molecule has 510 valence electrons. The number of benzene rings is 10. The lowest BCUT2D eigenvalue weighted by atomic mass is 9.90. The van der Waals surface area contributed by atoms with Gasteiger partial charge in [-0.1, -0.05) is 236 Å². The Balaban J connectivity index is 0.942. The van der Waals surface area contributed by atoms with Crippen LogP contribution < -0.4 is 42.6 Å². The van der Waals surface area contributed by atoms with E-state index in [0.717, 1.165) is 50.1 Å². The van der Waals surface area contributed by atoms with Crippen molar-refractivity contribution in [2.45, 2.75) is 185 Å². The standard InChI is InChI=1S/C89H100O9/c1-59(2)65(13)80-36-24-71(25-37-80)53-93-84-41-73(40-83(45-84)92-52-68-18-30-77(31-19-68)62(7)8)57-97-86-43-74(58-98-89-48-87(94-54-69-20-32-78(33-21-69)63(9)10)47-88(49-89)95-55-70-22-34-79(35-23-70)64(11)12)42-85(46-86)96-56-72-38-81(90-50-66-14-26-75(27-15-66)60(3)4)44-82(39-72)91-51-67-16-28-76(29-17-67)61(5)6/h14-49,59-65H,50-58H2,1-13H3. The summed E-state index contributed by atoms with van der Waals surface area (Å²) in [7, 11) is 0. The van der Waals surface area contributed by atoms with E-state index in [1.165, 1.54) is 33.4 Å². The molecule has 9 nitrogen and oxygen atoms in total. The molecule has 0 N–H and O–H groups in total. The molecule has 9 heteroatoms. The molecule has 0 aliphatic carbocycles. The van der Waals surface area contributed by atoms with Gasteiger partial charge in [0.2, 0.25) is 0 Å². The van der Waals surface area contributed by atoms with Crippen LogP contribution in [0.25, 0.3) is 0 Å². The van der Waals surface area contributed by atoms with Crippen LogP contribution in [-0.4, -0.2) is 0 Å². The van der Waals surface area contributed by atoms with Crippen molar-refractivity contribution in [1.29, 1.82) is 0 Å². The Morgan fingerprint density at radius 3 is 0.469 bits per heavy atom. The first-order chi connectivity index (χ1) is 47.3. The molecular weight excluding hydrogens is 1210 g/mol. The molecule has 10 aromatic rings. The van der Waals surface area contributed by atoms with E-state index in [-0.39, 0.29) is 19.8 Å². The van der Waals surface area contributed by atoms with E-state index in [9.17, 15) is 0 Å². The van der Waals surface area contributed by atoms with Gasteiger partial charge in [0.05, 0.1) is 0 Å². The van der Waals surface area contributed by atoms with E-state index in [2.05, 4.69) is 236 Å². The van der Waals surface area contributed by atoms with Crippen LogP contribution in [0.3, 0.4) is 0 Å². The van der Waals surface area contributed by atoms with Crippen LogP contribution in [0, 0.1) is 5.92 Å². The molecule has 0 aliphatic rings. The zero-order chi connectivity index (χ0) is 69.1. The summed E-state index contributed by atoms with van der Waals surface area (Å²) in [5.41, 5.74) is 16.7. The highest BCUT2D eigenvalue weighted by molar-refractivity contribution is 5.46. The summed E-state index contributed by atoms with van der Waals surface area (Å²) in [5, 5.41) is 0. The molecule has 0 aliphatic heterocycles. The topological polar surface area (TPSA) is 83.1 Å². The maximum atomic E-state index is 6.83. The van der Waals surface area contributed by atoms with Crippen LogP contribution >= 0.6 is 0 Å². The van der Waals surface area contributed by atoms with Crippen molar-refractivity contribution in [2.75, 3.05) is 0 Å². The minimum atomic E-state index is 0.165. The summed E-state index contributed by atoms with van der Waals surface area (Å²) in [6.07, 6.45) is 0. The Kier molecular flexibility index (Phi) is 25.1. The van der Waals surface area contributed by atoms with Gasteiger partial charge in [0.15, 0.2) is 0 Å². The summed E-state index contributed by atoms with van der Waals surface area (Å²) in [5.74, 6) is 8.84. The van der Waals surface area contributed by atoms with Crippen molar-refractivity contribution in [3.63, 3.8) is 0 Å². The zero-order valence-electron chi connectivity index (χ0n) is 59.9. The second kappa shape index (κ2) is 34.6. The summed E-state index contributed by atoms with van der Waals surface area (Å²) in [6, 6.07) is 75.4. The van der Waals surface area contributed by atoms with Gasteiger partial charge in [-0.05, 0) is 161 Å². The third kappa shape index (κ3) is 21.4. The molecule has 0 aromatic heterocycles. The van der Waals surface area contributed by atoms with Gasteiger partial charge in [-0.3, -0.25) is 0 Å². The van der Waals surface area contributed by atoms with E-state index in [1.807, 2.05) is 72.8 Å². The zero-order valence-corrected chi connectivity index (χ0v) is 59.9. The average Bonchev–Trinajstić information content (AvgIpc) is 0.874. The first-order valence-electron chi connectivity index (χ1n) is 35.0. The van der Waals surface area contributed by atoms with E-state index in [0.29, 0.717) is 133 Å². The monoisotopic (exact) mass is 1310 g/mol. The molecule has 0 bridgehead atoms. The molecule has 0 spiro atoms. The maximum Gasteiger partial charge on any atom is 0.127 e. The quantitative estimate of drug-likeness (QED) is 0.0392. The van der Waals surface area contributed by atoms with Crippen molar-refractivity contribution >= 4 is 0 Å². The fourth-order valence-corrected chi connectivity index (χ4v) is 11.2. The van der Waals surface area contributed by atoms with Crippen molar-refractivity contribution in [3.05, 3.63) is 302 Å². The van der Waals surface area contributed by atoms with Gasteiger partial charge in [-0.15, -0.1) is 0 Å². The Morgan fingerprint density at radius 2 is 0.316 bits per heavy atom. The predicted octanol–water partition coefficient (Wildman–Crippen LogP) is 23.3. The fraction of sp³-hybridized carbons (Fsp3) is 0.326. The molecule has 0 saturated heterocycles. The lowest BCUT2D eigenvalue weighted by molar-refractivity contribution is 0.268. The number of hydrogen-bond donors (Lipinski definition) is 0. The number of rotatable bonds is 34. The lowest BCUT2D eigenvalue weighted by Crippen LogP contribution is -2.04. The minimum absolute atomic E-state index is 0.165. The summed E-state index contributed by atoms with van der Waals surface area (Å²) >= 11 is 0. The second-order valence-electron chi connectivity index (χ2n) is 27.9. The van der Waals surface area contributed by atoms with Crippen LogP contribution in [0.1, 0.15) is 209 Å². The highest BCUT2D eigenvalue weighted by Crippen LogP contribution is 2.35. The largest absolute Gasteiger partial charge is 0.489 e. The molecule has 1 atom stereocenters. The molecule has 10 rings (SSSR count). The van der Waals surface area contributed by atoms with E-state index in [1.54, 1.807) is 0 Å². The summed E-state index contributed by atoms with van der Waals surface area (Å²) < 4.78 is 59.6. The smallest absolute Gasteiger partial charge is 0.127 e. The highest BCUT2D eigenvalue weighted by atomic mass is 16.5. The molecular formula is C89H100O9. The van der Waals surface area contributed by atoms with Crippen LogP contribution in [0.4, 0.5) is 0 Å². The van der Waals surface area contributed by atoms with Gasteiger partial charge in [0.25, 0.3) is 0 Å². The molecule has 0 radical (unpaired) electrons. The molecule has 0 saturated carbocycles. The van der Waals surface area contributed by atoms with Crippen molar-refractivity contribution in [1.82, 2.24) is 0 Å². The minimum Gasteiger partial charge on any atom is -0.489 e. The Morgan fingerprint density at radius 1 is 0.173 bits per heavy atom. The first-order valence-corrected chi connectivity index (χ1v) is 35.0. The first kappa shape index (κ1) is 71.2. The Hall–Kier alpha value is -9.60. The SMILES string of the molecule is CC(C)c1ccc(COc2cc(COc3cc(COc4cc(OCc5ccc(C(C)C)cc5)cc(OCc5ccc(C(C)C)cc5)c4)cc(OCc4cc(OCc5ccc(C(C)C)cc5)cc(OCc5ccc(C(C)C(C)C)cc5)c4)c3)cc(OCc3ccc(C(C)C)cc3)c2)cc1. The lowest BCUT2D eigenvalue weighted by Gasteiger charge is -2.17. The van der Waals surface area contributed by atoms with Gasteiger partial charge in [0.1, 0.15) is 111 Å². The summed E-state index contributed by atoms with van der Waals surface area (Å²) in [4.78, 5) is 0. The van der Waals surface area contributed by atoms with Crippen molar-refractivity contribution < 1.29 is 42.6 Å². The highest BCUT2D eigenvalue weighted by Gasteiger charge is 2.16. The van der Waals surface area contributed by atoms with Crippen LogP contribution in [0.15, 0.2) is 218 Å². The van der Waals surface area contributed by atoms with Crippen LogP contribution in [0.5, 0.6) is 51.7 Å². The Labute approximate surface area is 584 Å². The predicted molar refractivity (Wildman–Crippen MR) is 397 cm³/mol. The van der Waals surface area contributed by atoms with E-state index < -0.39 is 0 Å². The van der Waals surface area contributed by atoms with Gasteiger partial charge < -0.3 is 42.6 Å². The van der Waals surface area contributed by atoms with Crippen LogP contribution in [0.2, 0.25) is 0 Å². The van der Waals surface area contributed by atoms with E-state index >= 15 is 0 Å². The van der Waals surface area contributed by atoms with Crippen molar-refractivity contribution in [3.8, 4) is 51.7 Å². The summed E-state index contributed by atoms with van der Waals surface area (Å²) in [6.45, 7) is 31.7. The molecule has 1 unspecified atom stereocenters. The molecule has 98 heavy (non-hydrogen) atoms. The van der Waals surface area contributed by atoms with Gasteiger partial charge in [-0.25, -0.2) is 0 Å². The molecule has 0 fully saturated rings. The maximum absolute atomic E-state index is 6.83. The molecule has 0 amide bonds. The molecule has 0 heterocycles. The van der Waals surface area contributed by atoms with Gasteiger partial charge >= 0.3 is 0 Å². The second-order valence-corrected chi connectivity index (χ2v) is 27.9. The molecule has 10 aromatic carbocycles. The van der Waals surface area contributed by atoms with Gasteiger partial charge in [-0.2, -0.15) is 0 Å². The number of hydrogen-bond acceptors (Lipinski definition) is 9. The van der Waals surface area contributed by atoms with Gasteiger partial charge in [0, 0.05) is 36.4 Å². The third-order valence-corrected chi connectivity index (χ3v) is 18.1. The third-order valence-electron chi connectivity index (χ3n) is 18.1.